The summed E-state index contributed by atoms with van der Waals surface area (Å²) in [5.41, 5.74) is 1.10. The molecule has 0 aliphatic carbocycles. The molecule has 5 nitrogen and oxygen atoms in total. The summed E-state index contributed by atoms with van der Waals surface area (Å²) in [6.07, 6.45) is 0.184. The number of rotatable bonds is 2. The zero-order valence-electron chi connectivity index (χ0n) is 11.5. The molecule has 6 heteroatoms. The minimum absolute atomic E-state index is 0.104. The maximum atomic E-state index is 13.0. The molecule has 1 aliphatic heterocycles. The number of carbonyl (C=O) groups excluding carboxylic acids is 2. The predicted molar refractivity (Wildman–Crippen MR) is 71.0 cm³/mol. The Kier molecular flexibility index (Phi) is 4.22. The fourth-order valence-electron chi connectivity index (χ4n) is 2.33. The monoisotopic (exact) mass is 280 g/mol. The first-order valence-corrected chi connectivity index (χ1v) is 6.41. The van der Waals surface area contributed by atoms with Crippen molar-refractivity contribution < 1.29 is 18.7 Å². The van der Waals surface area contributed by atoms with E-state index in [1.165, 1.54) is 25.3 Å². The summed E-state index contributed by atoms with van der Waals surface area (Å²) in [6.45, 7) is 2.70. The highest BCUT2D eigenvalue weighted by atomic mass is 19.1. The number of alkyl carbamates (subject to hydrolysis) is 1. The van der Waals surface area contributed by atoms with Gasteiger partial charge in [-0.1, -0.05) is 0 Å². The van der Waals surface area contributed by atoms with E-state index < -0.39 is 6.09 Å². The zero-order chi connectivity index (χ0) is 14.7. The van der Waals surface area contributed by atoms with Crippen LogP contribution in [-0.2, 0) is 4.74 Å². The number of carbonyl (C=O) groups is 2. The number of ether oxygens (including phenoxy) is 1. The van der Waals surface area contributed by atoms with Gasteiger partial charge in [0.15, 0.2) is 0 Å². The van der Waals surface area contributed by atoms with Gasteiger partial charge in [-0.15, -0.1) is 0 Å². The van der Waals surface area contributed by atoms with Crippen LogP contribution in [0.5, 0.6) is 0 Å². The largest absolute Gasteiger partial charge is 0.453 e. The lowest BCUT2D eigenvalue weighted by atomic mass is 10.1. The van der Waals surface area contributed by atoms with E-state index >= 15 is 0 Å². The average molecular weight is 280 g/mol. The van der Waals surface area contributed by atoms with Gasteiger partial charge in [0.25, 0.3) is 5.91 Å². The third-order valence-corrected chi connectivity index (χ3v) is 3.40. The van der Waals surface area contributed by atoms with Crippen LogP contribution in [0.1, 0.15) is 22.3 Å². The topological polar surface area (TPSA) is 58.6 Å². The van der Waals surface area contributed by atoms with Gasteiger partial charge < -0.3 is 15.0 Å². The Labute approximate surface area is 116 Å². The van der Waals surface area contributed by atoms with Crippen LogP contribution in [0.4, 0.5) is 9.18 Å². The van der Waals surface area contributed by atoms with Crippen molar-refractivity contribution in [1.82, 2.24) is 10.2 Å². The normalized spacial score (nSPS) is 17.9. The summed E-state index contributed by atoms with van der Waals surface area (Å²) in [5, 5.41) is 2.67. The SMILES string of the molecule is COC(=O)NC1CCN(C(=O)c2ccc(F)cc2C)C1. The van der Waals surface area contributed by atoms with Gasteiger partial charge >= 0.3 is 6.09 Å². The molecule has 0 aromatic heterocycles. The molecule has 1 heterocycles. The smallest absolute Gasteiger partial charge is 0.407 e. The molecular formula is C14H17FN2O3. The van der Waals surface area contributed by atoms with Gasteiger partial charge in [0.1, 0.15) is 5.82 Å². The molecule has 0 saturated carbocycles. The van der Waals surface area contributed by atoms with Crippen molar-refractivity contribution in [3.05, 3.63) is 35.1 Å². The molecule has 1 aliphatic rings. The highest BCUT2D eigenvalue weighted by Crippen LogP contribution is 2.17. The van der Waals surface area contributed by atoms with Crippen molar-refractivity contribution in [3.8, 4) is 0 Å². The van der Waals surface area contributed by atoms with Crippen LogP contribution in [0.2, 0.25) is 0 Å². The van der Waals surface area contributed by atoms with Crippen molar-refractivity contribution in [2.75, 3.05) is 20.2 Å². The Balaban J connectivity index is 2.02. The van der Waals surface area contributed by atoms with E-state index in [-0.39, 0.29) is 17.8 Å². The summed E-state index contributed by atoms with van der Waals surface area (Å²) in [7, 11) is 1.30. The molecule has 2 amide bonds. The number of methoxy groups -OCH3 is 1. The molecule has 1 atom stereocenters. The Hall–Kier alpha value is -2.11. The van der Waals surface area contributed by atoms with E-state index in [0.717, 1.165) is 0 Å². The maximum Gasteiger partial charge on any atom is 0.407 e. The Bertz CT molecular complexity index is 533. The molecule has 0 radical (unpaired) electrons. The molecule has 1 aromatic rings. The molecule has 1 N–H and O–H groups in total. The summed E-state index contributed by atoms with van der Waals surface area (Å²) in [5.74, 6) is -0.498. The molecule has 1 aromatic carbocycles. The van der Waals surface area contributed by atoms with Crippen LogP contribution in [0.3, 0.4) is 0 Å². The highest BCUT2D eigenvalue weighted by Gasteiger charge is 2.28. The van der Waals surface area contributed by atoms with Gasteiger partial charge in [-0.2, -0.15) is 0 Å². The van der Waals surface area contributed by atoms with Crippen LogP contribution in [0.25, 0.3) is 0 Å². The van der Waals surface area contributed by atoms with Gasteiger partial charge in [0, 0.05) is 18.7 Å². The lowest BCUT2D eigenvalue weighted by molar-refractivity contribution is 0.0787. The van der Waals surface area contributed by atoms with Crippen molar-refractivity contribution >= 4 is 12.0 Å². The van der Waals surface area contributed by atoms with E-state index in [9.17, 15) is 14.0 Å². The molecule has 2 rings (SSSR count). The number of nitrogens with zero attached hydrogens (tertiary/aromatic N) is 1. The van der Waals surface area contributed by atoms with Crippen molar-refractivity contribution in [3.63, 3.8) is 0 Å². The van der Waals surface area contributed by atoms with Gasteiger partial charge in [-0.25, -0.2) is 9.18 Å². The van der Waals surface area contributed by atoms with Crippen LogP contribution < -0.4 is 5.32 Å². The third-order valence-electron chi connectivity index (χ3n) is 3.40. The first kappa shape index (κ1) is 14.3. The van der Waals surface area contributed by atoms with Crippen molar-refractivity contribution in [1.29, 1.82) is 0 Å². The second-order valence-electron chi connectivity index (χ2n) is 4.83. The number of benzene rings is 1. The molecular weight excluding hydrogens is 263 g/mol. The third kappa shape index (κ3) is 3.07. The Morgan fingerprint density at radius 3 is 2.85 bits per heavy atom. The minimum atomic E-state index is -0.498. The van der Waals surface area contributed by atoms with Gasteiger partial charge in [0.2, 0.25) is 0 Å². The number of nitrogens with one attached hydrogen (secondary N) is 1. The van der Waals surface area contributed by atoms with E-state index in [4.69, 9.17) is 0 Å². The second kappa shape index (κ2) is 5.90. The first-order chi connectivity index (χ1) is 9.51. The molecule has 0 bridgehead atoms. The minimum Gasteiger partial charge on any atom is -0.453 e. The van der Waals surface area contributed by atoms with Crippen molar-refractivity contribution in [2.24, 2.45) is 0 Å². The van der Waals surface area contributed by atoms with E-state index in [1.54, 1.807) is 11.8 Å². The first-order valence-electron chi connectivity index (χ1n) is 6.41. The average Bonchev–Trinajstić information content (AvgIpc) is 2.86. The van der Waals surface area contributed by atoms with Crippen LogP contribution in [0, 0.1) is 12.7 Å². The van der Waals surface area contributed by atoms with E-state index in [0.29, 0.717) is 30.6 Å². The second-order valence-corrected chi connectivity index (χ2v) is 4.83. The van der Waals surface area contributed by atoms with Crippen molar-refractivity contribution in [2.45, 2.75) is 19.4 Å². The molecule has 0 spiro atoms. The van der Waals surface area contributed by atoms with Gasteiger partial charge in [0.05, 0.1) is 13.2 Å². The molecule has 1 fully saturated rings. The number of aryl methyl sites for hydroxylation is 1. The fraction of sp³-hybridized carbons (Fsp3) is 0.429. The molecule has 20 heavy (non-hydrogen) atoms. The standard InChI is InChI=1S/C14H17FN2O3/c1-9-7-10(15)3-4-12(9)13(18)17-6-5-11(8-17)16-14(19)20-2/h3-4,7,11H,5-6,8H2,1-2H3,(H,16,19). The summed E-state index contributed by atoms with van der Waals surface area (Å²) < 4.78 is 17.6. The number of likely N-dealkylation sites (tertiary alicyclic amines) is 1. The quantitative estimate of drug-likeness (QED) is 0.897. The predicted octanol–water partition coefficient (Wildman–Crippen LogP) is 1.70. The number of amides is 2. The maximum absolute atomic E-state index is 13.0. The van der Waals surface area contributed by atoms with Gasteiger partial charge in [-0.05, 0) is 37.1 Å². The lowest BCUT2D eigenvalue weighted by Gasteiger charge is -2.18. The number of hydrogen-bond donors (Lipinski definition) is 1. The zero-order valence-corrected chi connectivity index (χ0v) is 11.5. The molecule has 108 valence electrons. The summed E-state index contributed by atoms with van der Waals surface area (Å²) >= 11 is 0. The highest BCUT2D eigenvalue weighted by molar-refractivity contribution is 5.95. The van der Waals surface area contributed by atoms with E-state index in [2.05, 4.69) is 10.1 Å². The number of halogens is 1. The lowest BCUT2D eigenvalue weighted by Crippen LogP contribution is -2.38. The Morgan fingerprint density at radius 1 is 1.45 bits per heavy atom. The number of hydrogen-bond acceptors (Lipinski definition) is 3. The summed E-state index contributed by atoms with van der Waals surface area (Å²) in [6, 6.07) is 4.01. The fourth-order valence-corrected chi connectivity index (χ4v) is 2.33. The van der Waals surface area contributed by atoms with Crippen LogP contribution in [-0.4, -0.2) is 43.1 Å². The van der Waals surface area contributed by atoms with Crippen LogP contribution >= 0.6 is 0 Å². The van der Waals surface area contributed by atoms with Crippen LogP contribution in [0.15, 0.2) is 18.2 Å². The Morgan fingerprint density at radius 2 is 2.20 bits per heavy atom. The molecule has 1 saturated heterocycles. The van der Waals surface area contributed by atoms with E-state index in [1.807, 2.05) is 0 Å². The molecule has 1 unspecified atom stereocenters. The summed E-state index contributed by atoms with van der Waals surface area (Å²) in [4.78, 5) is 25.1. The van der Waals surface area contributed by atoms with Gasteiger partial charge in [-0.3, -0.25) is 4.79 Å².